The van der Waals surface area contributed by atoms with Gasteiger partial charge in [-0.3, -0.25) is 4.79 Å². The van der Waals surface area contributed by atoms with Crippen molar-refractivity contribution >= 4 is 11.7 Å². The van der Waals surface area contributed by atoms with Gasteiger partial charge in [-0.25, -0.2) is 9.97 Å². The van der Waals surface area contributed by atoms with Crippen LogP contribution in [0.15, 0.2) is 12.4 Å². The van der Waals surface area contributed by atoms with Crippen LogP contribution in [0, 0.1) is 11.3 Å². The van der Waals surface area contributed by atoms with Gasteiger partial charge in [0, 0.05) is 18.4 Å². The van der Waals surface area contributed by atoms with Crippen molar-refractivity contribution in [3.8, 4) is 6.07 Å². The number of nitriles is 1. The van der Waals surface area contributed by atoms with E-state index in [1.165, 1.54) is 12.4 Å². The van der Waals surface area contributed by atoms with Crippen molar-refractivity contribution < 1.29 is 4.79 Å². The summed E-state index contributed by atoms with van der Waals surface area (Å²) in [5.74, 6) is 0.174. The van der Waals surface area contributed by atoms with Gasteiger partial charge in [0.2, 0.25) is 5.91 Å². The van der Waals surface area contributed by atoms with Crippen LogP contribution in [0.1, 0.15) is 19.5 Å². The summed E-state index contributed by atoms with van der Waals surface area (Å²) in [5.41, 5.74) is 0.180. The zero-order chi connectivity index (χ0) is 12.0. The summed E-state index contributed by atoms with van der Waals surface area (Å²) >= 11 is 0. The maximum atomic E-state index is 11.3. The Morgan fingerprint density at radius 3 is 2.81 bits per heavy atom. The molecule has 0 aliphatic rings. The molecule has 1 heterocycles. The molecule has 0 saturated heterocycles. The largest absolute Gasteiger partial charge is 0.359 e. The van der Waals surface area contributed by atoms with Crippen molar-refractivity contribution in [1.29, 1.82) is 5.26 Å². The zero-order valence-electron chi connectivity index (χ0n) is 9.19. The third-order valence-corrected chi connectivity index (χ3v) is 1.67. The molecule has 0 aliphatic carbocycles. The highest BCUT2D eigenvalue weighted by Crippen LogP contribution is 2.05. The van der Waals surface area contributed by atoms with Gasteiger partial charge in [0.25, 0.3) is 0 Å². The smallest absolute Gasteiger partial charge is 0.239 e. The second kappa shape index (κ2) is 5.66. The van der Waals surface area contributed by atoms with Gasteiger partial charge in [-0.15, -0.1) is 0 Å². The number of nitrogens with one attached hydrogen (secondary N) is 2. The molecule has 1 aromatic heterocycles. The number of carbonyl (C=O) groups excluding carboxylic acids is 1. The molecular weight excluding hydrogens is 206 g/mol. The van der Waals surface area contributed by atoms with Crippen molar-refractivity contribution in [3.05, 3.63) is 18.1 Å². The normalized spacial score (nSPS) is 9.62. The van der Waals surface area contributed by atoms with Crippen LogP contribution in [-0.2, 0) is 4.79 Å². The van der Waals surface area contributed by atoms with Crippen molar-refractivity contribution in [2.24, 2.45) is 0 Å². The minimum Gasteiger partial charge on any atom is -0.359 e. The topological polar surface area (TPSA) is 90.7 Å². The maximum absolute atomic E-state index is 11.3. The van der Waals surface area contributed by atoms with Crippen LogP contribution in [-0.4, -0.2) is 28.5 Å². The molecule has 0 aromatic carbocycles. The van der Waals surface area contributed by atoms with Crippen molar-refractivity contribution in [1.82, 2.24) is 15.3 Å². The minimum absolute atomic E-state index is 0.0750. The highest BCUT2D eigenvalue weighted by molar-refractivity contribution is 5.80. The molecule has 2 N–H and O–H groups in total. The predicted octanol–water partition coefficient (Wildman–Crippen LogP) is 0.285. The van der Waals surface area contributed by atoms with E-state index in [2.05, 4.69) is 20.6 Å². The van der Waals surface area contributed by atoms with Gasteiger partial charge < -0.3 is 10.6 Å². The van der Waals surface area contributed by atoms with E-state index in [0.29, 0.717) is 5.82 Å². The summed E-state index contributed by atoms with van der Waals surface area (Å²) in [7, 11) is 0. The molecule has 0 unspecified atom stereocenters. The highest BCUT2D eigenvalue weighted by atomic mass is 16.1. The van der Waals surface area contributed by atoms with E-state index in [-0.39, 0.29) is 24.2 Å². The van der Waals surface area contributed by atoms with Crippen LogP contribution in [0.3, 0.4) is 0 Å². The number of rotatable bonds is 4. The molecule has 1 amide bonds. The Bertz CT molecular complexity index is 410. The molecule has 0 atom stereocenters. The lowest BCUT2D eigenvalue weighted by Crippen LogP contribution is -2.35. The molecule has 1 rings (SSSR count). The van der Waals surface area contributed by atoms with Gasteiger partial charge >= 0.3 is 0 Å². The quantitative estimate of drug-likeness (QED) is 0.759. The summed E-state index contributed by atoms with van der Waals surface area (Å²) < 4.78 is 0. The number of aromatic nitrogens is 2. The molecular formula is C10H13N5O. The Labute approximate surface area is 93.7 Å². The molecule has 16 heavy (non-hydrogen) atoms. The van der Waals surface area contributed by atoms with Crippen LogP contribution in [0.25, 0.3) is 0 Å². The average Bonchev–Trinajstić information content (AvgIpc) is 2.26. The first-order valence-corrected chi connectivity index (χ1v) is 4.88. The third-order valence-electron chi connectivity index (χ3n) is 1.67. The van der Waals surface area contributed by atoms with Gasteiger partial charge in [-0.2, -0.15) is 5.26 Å². The summed E-state index contributed by atoms with van der Waals surface area (Å²) in [6.07, 6.45) is 2.89. The fourth-order valence-electron chi connectivity index (χ4n) is 1.09. The number of hydrogen-bond donors (Lipinski definition) is 2. The first-order chi connectivity index (χ1) is 7.63. The predicted molar refractivity (Wildman–Crippen MR) is 58.5 cm³/mol. The molecule has 0 bridgehead atoms. The molecule has 1 aromatic rings. The fourth-order valence-corrected chi connectivity index (χ4v) is 1.09. The minimum atomic E-state index is -0.149. The molecule has 6 heteroatoms. The molecule has 0 spiro atoms. The van der Waals surface area contributed by atoms with E-state index in [4.69, 9.17) is 5.26 Å². The van der Waals surface area contributed by atoms with E-state index in [9.17, 15) is 4.79 Å². The van der Waals surface area contributed by atoms with E-state index < -0.39 is 0 Å². The lowest BCUT2D eigenvalue weighted by atomic mass is 10.4. The molecule has 0 fully saturated rings. The Morgan fingerprint density at radius 2 is 2.19 bits per heavy atom. The fraction of sp³-hybridized carbons (Fsp3) is 0.400. The van der Waals surface area contributed by atoms with Gasteiger partial charge in [0.05, 0.1) is 6.54 Å². The van der Waals surface area contributed by atoms with E-state index in [1.54, 1.807) is 0 Å². The Morgan fingerprint density at radius 1 is 1.50 bits per heavy atom. The van der Waals surface area contributed by atoms with Crippen LogP contribution < -0.4 is 10.6 Å². The number of nitrogens with zero attached hydrogens (tertiary/aromatic N) is 3. The second-order valence-electron chi connectivity index (χ2n) is 3.44. The van der Waals surface area contributed by atoms with Crippen LogP contribution in [0.5, 0.6) is 0 Å². The van der Waals surface area contributed by atoms with Crippen LogP contribution >= 0.6 is 0 Å². The molecule has 84 valence electrons. The third kappa shape index (κ3) is 3.53. The number of hydrogen-bond acceptors (Lipinski definition) is 5. The number of amides is 1. The van der Waals surface area contributed by atoms with Crippen molar-refractivity contribution in [2.45, 2.75) is 19.9 Å². The average molecular weight is 219 g/mol. The first kappa shape index (κ1) is 11.9. The first-order valence-electron chi connectivity index (χ1n) is 4.88. The van der Waals surface area contributed by atoms with Crippen molar-refractivity contribution in [2.75, 3.05) is 11.9 Å². The van der Waals surface area contributed by atoms with Gasteiger partial charge in [-0.05, 0) is 13.8 Å². The Balaban J connectivity index is 2.55. The van der Waals surface area contributed by atoms with Crippen molar-refractivity contribution in [3.63, 3.8) is 0 Å². The zero-order valence-corrected chi connectivity index (χ0v) is 9.19. The number of carbonyl (C=O) groups is 1. The summed E-state index contributed by atoms with van der Waals surface area (Å²) in [6, 6.07) is 1.98. The van der Waals surface area contributed by atoms with E-state index in [1.807, 2.05) is 19.9 Å². The molecule has 0 radical (unpaired) electrons. The highest BCUT2D eigenvalue weighted by Gasteiger charge is 2.06. The summed E-state index contributed by atoms with van der Waals surface area (Å²) in [4.78, 5) is 19.1. The monoisotopic (exact) mass is 219 g/mol. The van der Waals surface area contributed by atoms with Crippen LogP contribution in [0.4, 0.5) is 5.82 Å². The molecule has 0 aliphatic heterocycles. The Kier molecular flexibility index (Phi) is 4.21. The van der Waals surface area contributed by atoms with E-state index in [0.717, 1.165) is 0 Å². The number of anilines is 1. The summed E-state index contributed by atoms with van der Waals surface area (Å²) in [6.45, 7) is 3.83. The lowest BCUT2D eigenvalue weighted by molar-refractivity contribution is -0.119. The molecule has 0 saturated carbocycles. The maximum Gasteiger partial charge on any atom is 0.239 e. The SMILES string of the molecule is CC(C)NC(=O)CNc1nccnc1C#N. The molecule has 6 nitrogen and oxygen atoms in total. The van der Waals surface area contributed by atoms with E-state index >= 15 is 0 Å². The lowest BCUT2D eigenvalue weighted by Gasteiger charge is -2.09. The second-order valence-corrected chi connectivity index (χ2v) is 3.44. The van der Waals surface area contributed by atoms with Gasteiger partial charge in [-0.1, -0.05) is 0 Å². The standard InChI is InChI=1S/C10H13N5O/c1-7(2)15-9(16)6-14-10-8(5-11)12-3-4-13-10/h3-4,7H,6H2,1-2H3,(H,13,14)(H,15,16). The van der Waals surface area contributed by atoms with Gasteiger partial charge in [0.15, 0.2) is 11.5 Å². The Hall–Kier alpha value is -2.16. The van der Waals surface area contributed by atoms with Crippen LogP contribution in [0.2, 0.25) is 0 Å². The summed E-state index contributed by atoms with van der Waals surface area (Å²) in [5, 5.41) is 14.2. The van der Waals surface area contributed by atoms with Gasteiger partial charge in [0.1, 0.15) is 6.07 Å².